The second-order valence-corrected chi connectivity index (χ2v) is 15.1. The van der Waals surface area contributed by atoms with E-state index in [-0.39, 0.29) is 47.1 Å². The monoisotopic (exact) mass is 749 g/mol. The maximum Gasteiger partial charge on any atom is 0.338 e. The van der Waals surface area contributed by atoms with Gasteiger partial charge in [0.1, 0.15) is 11.5 Å². The summed E-state index contributed by atoms with van der Waals surface area (Å²) < 4.78 is 5.09. The van der Waals surface area contributed by atoms with Crippen LogP contribution in [0.1, 0.15) is 46.9 Å². The molecule has 3 aromatic heterocycles. The van der Waals surface area contributed by atoms with Crippen LogP contribution in [0.3, 0.4) is 0 Å². The van der Waals surface area contributed by atoms with Gasteiger partial charge in [-0.05, 0) is 107 Å². The fourth-order valence-corrected chi connectivity index (χ4v) is 8.53. The van der Waals surface area contributed by atoms with Gasteiger partial charge in [-0.2, -0.15) is 0 Å². The van der Waals surface area contributed by atoms with Crippen LogP contribution in [0.5, 0.6) is 0 Å². The number of amides is 2. The lowest BCUT2D eigenvalue weighted by atomic mass is 9.74. The lowest BCUT2D eigenvalue weighted by molar-refractivity contribution is -0.126. The van der Waals surface area contributed by atoms with Crippen molar-refractivity contribution in [2.45, 2.75) is 32.2 Å². The number of nitrogens with one attached hydrogen (secondary N) is 3. The van der Waals surface area contributed by atoms with Crippen LogP contribution in [0, 0.1) is 17.8 Å². The summed E-state index contributed by atoms with van der Waals surface area (Å²) >= 11 is 1.35. The molecule has 7 rings (SSSR count). The second-order valence-electron chi connectivity index (χ2n) is 14.1. The summed E-state index contributed by atoms with van der Waals surface area (Å²) in [4.78, 5) is 68.7. The van der Waals surface area contributed by atoms with Crippen LogP contribution < -0.4 is 10.6 Å². The Hall–Kier alpha value is -5.44. The minimum absolute atomic E-state index is 0.00511. The summed E-state index contributed by atoms with van der Waals surface area (Å²) in [5.74, 6) is -1.54. The first-order chi connectivity index (χ1) is 26.1. The maximum atomic E-state index is 13.9. The Kier molecular flexibility index (Phi) is 10.9. The smallest absolute Gasteiger partial charge is 0.338 e. The molecule has 4 N–H and O–H groups in total. The molecule has 0 saturated carbocycles. The standard InChI is InChI=1S/C40H43N7O6S/c1-4-53-39(52)26-11-5-23(6-12-26)30-20-41-35-28(30)13-14-34(43-35)44-36(48)27-15-18-47(3)32(19-27)31-22-46(2)17-16-29(31)37(49)45-40-42-21-33(54-40)24-7-9-25(10-8-24)38(50)51/h5-14,20-21,27,29,31-32H,4,15-19,22H2,1-3H3,(H,50,51)(H,42,45,49)(H2,41,43,44,48). The molecule has 0 bridgehead atoms. The van der Waals surface area contributed by atoms with E-state index in [0.29, 0.717) is 48.0 Å². The zero-order valence-electron chi connectivity index (χ0n) is 30.4. The molecule has 0 aliphatic carbocycles. The van der Waals surface area contributed by atoms with Gasteiger partial charge in [-0.1, -0.05) is 35.6 Å². The number of nitrogens with zero attached hydrogens (tertiary/aromatic N) is 4. The van der Waals surface area contributed by atoms with Crippen LogP contribution in [0.4, 0.5) is 10.9 Å². The Balaban J connectivity index is 1.01. The Labute approximate surface area is 316 Å². The van der Waals surface area contributed by atoms with Crippen molar-refractivity contribution in [3.05, 3.63) is 84.2 Å². The molecule has 2 fully saturated rings. The number of aromatic nitrogens is 3. The SMILES string of the molecule is CCOC(=O)c1ccc(-c2c[nH]c3nc(NC(=O)C4CCN(C)C(C5CN(C)CCC5C(=O)Nc5ncc(-c6ccc(C(=O)O)cc6)s5)C4)ccc23)cc1. The van der Waals surface area contributed by atoms with Crippen LogP contribution in [-0.2, 0) is 14.3 Å². The van der Waals surface area contributed by atoms with E-state index in [1.807, 2.05) is 30.5 Å². The van der Waals surface area contributed by atoms with Gasteiger partial charge in [0.2, 0.25) is 11.8 Å². The Morgan fingerprint density at radius 2 is 1.67 bits per heavy atom. The van der Waals surface area contributed by atoms with Crippen molar-refractivity contribution in [1.29, 1.82) is 0 Å². The largest absolute Gasteiger partial charge is 0.478 e. The number of piperidine rings is 2. The number of thiazole rings is 1. The molecule has 0 spiro atoms. The lowest BCUT2D eigenvalue weighted by Crippen LogP contribution is -2.55. The zero-order valence-corrected chi connectivity index (χ0v) is 31.2. The van der Waals surface area contributed by atoms with Crippen LogP contribution in [-0.4, -0.2) is 100.0 Å². The number of hydrogen-bond acceptors (Lipinski definition) is 10. The molecule has 5 heterocycles. The van der Waals surface area contributed by atoms with Gasteiger partial charge in [0.15, 0.2) is 5.13 Å². The summed E-state index contributed by atoms with van der Waals surface area (Å²) in [6.45, 7) is 4.35. The maximum absolute atomic E-state index is 13.9. The summed E-state index contributed by atoms with van der Waals surface area (Å²) in [5, 5.41) is 16.7. The highest BCUT2D eigenvalue weighted by atomic mass is 32.1. The van der Waals surface area contributed by atoms with Crippen molar-refractivity contribution in [2.75, 3.05) is 51.0 Å². The summed E-state index contributed by atoms with van der Waals surface area (Å²) in [7, 11) is 4.15. The number of carbonyl (C=O) groups excluding carboxylic acids is 3. The molecule has 0 radical (unpaired) electrons. The van der Waals surface area contributed by atoms with Crippen molar-refractivity contribution in [3.8, 4) is 21.6 Å². The van der Waals surface area contributed by atoms with Gasteiger partial charge in [0.05, 0.1) is 22.6 Å². The number of benzene rings is 2. The van der Waals surface area contributed by atoms with Crippen LogP contribution >= 0.6 is 11.3 Å². The Bertz CT molecular complexity index is 2170. The molecule has 280 valence electrons. The van der Waals surface area contributed by atoms with E-state index in [9.17, 15) is 24.3 Å². The summed E-state index contributed by atoms with van der Waals surface area (Å²) in [6, 6.07) is 17.6. The highest BCUT2D eigenvalue weighted by Gasteiger charge is 2.43. The number of aromatic amines is 1. The molecule has 4 atom stereocenters. The van der Waals surface area contributed by atoms with E-state index in [4.69, 9.17) is 9.72 Å². The van der Waals surface area contributed by atoms with E-state index >= 15 is 0 Å². The molecule has 4 unspecified atom stereocenters. The zero-order chi connectivity index (χ0) is 37.9. The third-order valence-electron chi connectivity index (χ3n) is 10.6. The molecule has 54 heavy (non-hydrogen) atoms. The van der Waals surface area contributed by atoms with Gasteiger partial charge in [0, 0.05) is 47.8 Å². The third kappa shape index (κ3) is 7.91. The third-order valence-corrected chi connectivity index (χ3v) is 11.6. The molecule has 14 heteroatoms. The van der Waals surface area contributed by atoms with E-state index in [1.165, 1.54) is 11.3 Å². The molecule has 13 nitrogen and oxygen atoms in total. The van der Waals surface area contributed by atoms with Crippen molar-refractivity contribution in [2.24, 2.45) is 17.8 Å². The van der Waals surface area contributed by atoms with E-state index < -0.39 is 5.97 Å². The number of esters is 1. The van der Waals surface area contributed by atoms with Crippen molar-refractivity contribution in [1.82, 2.24) is 24.8 Å². The minimum Gasteiger partial charge on any atom is -0.478 e. The number of carbonyl (C=O) groups is 4. The van der Waals surface area contributed by atoms with Gasteiger partial charge in [-0.3, -0.25) is 9.59 Å². The van der Waals surface area contributed by atoms with E-state index in [1.54, 1.807) is 49.5 Å². The molecule has 2 aromatic carbocycles. The molecular formula is C40H43N7O6S. The average molecular weight is 750 g/mol. The molecule has 5 aromatic rings. The lowest BCUT2D eigenvalue weighted by Gasteiger charge is -2.46. The average Bonchev–Trinajstić information content (AvgIpc) is 3.82. The van der Waals surface area contributed by atoms with Gasteiger partial charge >= 0.3 is 11.9 Å². The fraction of sp³-hybridized carbons (Fsp3) is 0.350. The van der Waals surface area contributed by atoms with Gasteiger partial charge in [-0.25, -0.2) is 19.6 Å². The number of rotatable bonds is 10. The van der Waals surface area contributed by atoms with Crippen molar-refractivity contribution in [3.63, 3.8) is 0 Å². The van der Waals surface area contributed by atoms with E-state index in [0.717, 1.165) is 46.6 Å². The first kappa shape index (κ1) is 36.9. The topological polar surface area (TPSA) is 170 Å². The number of carboxylic acid groups (broad SMARTS) is 1. The molecule has 2 aliphatic rings. The fourth-order valence-electron chi connectivity index (χ4n) is 7.70. The minimum atomic E-state index is -0.985. The van der Waals surface area contributed by atoms with Gasteiger partial charge in [0.25, 0.3) is 0 Å². The number of H-pyrrole nitrogens is 1. The predicted octanol–water partition coefficient (Wildman–Crippen LogP) is 6.08. The first-order valence-electron chi connectivity index (χ1n) is 18.1. The second kappa shape index (κ2) is 15.9. The summed E-state index contributed by atoms with van der Waals surface area (Å²) in [6.07, 6.45) is 5.57. The number of hydrogen-bond donors (Lipinski definition) is 4. The normalized spacial score (nSPS) is 20.7. The number of anilines is 2. The number of carboxylic acids is 1. The first-order valence-corrected chi connectivity index (χ1v) is 18.9. The van der Waals surface area contributed by atoms with Crippen LogP contribution in [0.2, 0.25) is 0 Å². The van der Waals surface area contributed by atoms with Gasteiger partial charge in [-0.15, -0.1) is 0 Å². The Morgan fingerprint density at radius 3 is 2.41 bits per heavy atom. The molecule has 2 amide bonds. The number of aromatic carboxylic acids is 1. The summed E-state index contributed by atoms with van der Waals surface area (Å²) in [5.41, 5.74) is 4.02. The molecule has 2 saturated heterocycles. The Morgan fingerprint density at radius 1 is 0.926 bits per heavy atom. The predicted molar refractivity (Wildman–Crippen MR) is 207 cm³/mol. The number of ether oxygens (including phenoxy) is 1. The van der Waals surface area contributed by atoms with Crippen LogP contribution in [0.25, 0.3) is 32.6 Å². The highest BCUT2D eigenvalue weighted by molar-refractivity contribution is 7.19. The van der Waals surface area contributed by atoms with E-state index in [2.05, 4.69) is 44.5 Å². The number of fused-ring (bicyclic) bond motifs is 1. The quantitative estimate of drug-likeness (QED) is 0.123. The molecular weight excluding hydrogens is 707 g/mol. The highest BCUT2D eigenvalue weighted by Crippen LogP contribution is 2.37. The van der Waals surface area contributed by atoms with Crippen molar-refractivity contribution < 1.29 is 29.0 Å². The van der Waals surface area contributed by atoms with Crippen molar-refractivity contribution >= 4 is 57.1 Å². The molecule has 2 aliphatic heterocycles. The number of likely N-dealkylation sites (tertiary alicyclic amines) is 2. The van der Waals surface area contributed by atoms with Crippen LogP contribution in [0.15, 0.2) is 73.1 Å². The number of pyridine rings is 1. The van der Waals surface area contributed by atoms with Gasteiger partial charge < -0.3 is 35.3 Å².